The third-order valence-electron chi connectivity index (χ3n) is 5.56. The minimum atomic E-state index is -0.304. The highest BCUT2D eigenvalue weighted by Crippen LogP contribution is 2.29. The van der Waals surface area contributed by atoms with Crippen LogP contribution < -0.4 is 24.3 Å². The standard InChI is InChI=1S/C30H33N3O5/c1-5-35-28-12-7-23(18-29(28)36-6-2)19-37-25-10-8-24(9-11-25)31-30(34)27-13-14-33(32-27)20-38-26-16-21(3)15-22(4)17-26/h7-18H,5-6,19-20H2,1-4H3,(H,31,34). The van der Waals surface area contributed by atoms with Gasteiger partial charge in [0.2, 0.25) is 0 Å². The number of amides is 1. The number of hydrogen-bond donors (Lipinski definition) is 1. The molecule has 0 atom stereocenters. The smallest absolute Gasteiger partial charge is 0.276 e. The van der Waals surface area contributed by atoms with Gasteiger partial charge in [-0.1, -0.05) is 12.1 Å². The summed E-state index contributed by atoms with van der Waals surface area (Å²) in [5, 5.41) is 7.18. The summed E-state index contributed by atoms with van der Waals surface area (Å²) in [6, 6.07) is 20.6. The van der Waals surface area contributed by atoms with Crippen molar-refractivity contribution in [2.24, 2.45) is 0 Å². The Labute approximate surface area is 223 Å². The second-order valence-corrected chi connectivity index (χ2v) is 8.75. The number of anilines is 1. The van der Waals surface area contributed by atoms with E-state index in [0.29, 0.717) is 42.7 Å². The van der Waals surface area contributed by atoms with Gasteiger partial charge in [0.25, 0.3) is 5.91 Å². The fraction of sp³-hybridized carbons (Fsp3) is 0.267. The summed E-state index contributed by atoms with van der Waals surface area (Å²) in [7, 11) is 0. The molecule has 4 aromatic rings. The van der Waals surface area contributed by atoms with E-state index >= 15 is 0 Å². The number of nitrogens with zero attached hydrogens (tertiary/aromatic N) is 2. The van der Waals surface area contributed by atoms with Crippen LogP contribution in [0.4, 0.5) is 5.69 Å². The molecular formula is C30H33N3O5. The van der Waals surface area contributed by atoms with Gasteiger partial charge in [-0.15, -0.1) is 0 Å². The number of nitrogens with one attached hydrogen (secondary N) is 1. The number of carbonyl (C=O) groups excluding carboxylic acids is 1. The molecule has 0 aliphatic carbocycles. The number of hydrogen-bond acceptors (Lipinski definition) is 6. The minimum Gasteiger partial charge on any atom is -0.490 e. The van der Waals surface area contributed by atoms with Gasteiger partial charge in [0.1, 0.15) is 18.1 Å². The second kappa shape index (κ2) is 12.7. The molecule has 0 unspecified atom stereocenters. The van der Waals surface area contributed by atoms with Crippen molar-refractivity contribution in [2.75, 3.05) is 18.5 Å². The van der Waals surface area contributed by atoms with E-state index in [2.05, 4.69) is 16.5 Å². The van der Waals surface area contributed by atoms with Crippen LogP contribution in [0.3, 0.4) is 0 Å². The number of carbonyl (C=O) groups is 1. The summed E-state index contributed by atoms with van der Waals surface area (Å²) in [5.74, 6) is 2.57. The lowest BCUT2D eigenvalue weighted by Crippen LogP contribution is -2.14. The first-order valence-corrected chi connectivity index (χ1v) is 12.6. The Morgan fingerprint density at radius 1 is 0.789 bits per heavy atom. The number of aryl methyl sites for hydroxylation is 2. The van der Waals surface area contributed by atoms with Gasteiger partial charge in [-0.05, 0) is 99.0 Å². The first-order chi connectivity index (χ1) is 18.4. The average molecular weight is 516 g/mol. The van der Waals surface area contributed by atoms with Crippen LogP contribution in [0.25, 0.3) is 0 Å². The van der Waals surface area contributed by atoms with Crippen molar-refractivity contribution >= 4 is 11.6 Å². The van der Waals surface area contributed by atoms with Crippen LogP contribution in [0.1, 0.15) is 41.0 Å². The van der Waals surface area contributed by atoms with Crippen LogP contribution in [0.5, 0.6) is 23.0 Å². The maximum Gasteiger partial charge on any atom is 0.276 e. The molecule has 1 amide bonds. The molecule has 0 aliphatic heterocycles. The summed E-state index contributed by atoms with van der Waals surface area (Å²) in [6.45, 7) is 9.63. The Kier molecular flexibility index (Phi) is 8.87. The van der Waals surface area contributed by atoms with Crippen molar-refractivity contribution in [1.82, 2.24) is 9.78 Å². The maximum atomic E-state index is 12.7. The lowest BCUT2D eigenvalue weighted by molar-refractivity contribution is 0.102. The molecule has 0 fully saturated rings. The lowest BCUT2D eigenvalue weighted by Gasteiger charge is -2.13. The van der Waals surface area contributed by atoms with Crippen molar-refractivity contribution in [1.29, 1.82) is 0 Å². The van der Waals surface area contributed by atoms with E-state index in [9.17, 15) is 4.79 Å². The van der Waals surface area contributed by atoms with Gasteiger partial charge in [0.05, 0.1) is 13.2 Å². The summed E-state index contributed by atoms with van der Waals surface area (Å²) < 4.78 is 24.6. The third kappa shape index (κ3) is 7.29. The Morgan fingerprint density at radius 2 is 1.50 bits per heavy atom. The zero-order valence-corrected chi connectivity index (χ0v) is 22.2. The van der Waals surface area contributed by atoms with Gasteiger partial charge in [-0.25, -0.2) is 4.68 Å². The van der Waals surface area contributed by atoms with Crippen LogP contribution in [0.2, 0.25) is 0 Å². The van der Waals surface area contributed by atoms with E-state index in [4.69, 9.17) is 18.9 Å². The van der Waals surface area contributed by atoms with Crippen LogP contribution in [0.15, 0.2) is 72.9 Å². The highest BCUT2D eigenvalue weighted by atomic mass is 16.5. The molecule has 198 valence electrons. The summed E-state index contributed by atoms with van der Waals surface area (Å²) >= 11 is 0. The van der Waals surface area contributed by atoms with Gasteiger partial charge in [0, 0.05) is 11.9 Å². The molecule has 38 heavy (non-hydrogen) atoms. The van der Waals surface area contributed by atoms with E-state index in [1.165, 1.54) is 0 Å². The monoisotopic (exact) mass is 515 g/mol. The van der Waals surface area contributed by atoms with Gasteiger partial charge in [0.15, 0.2) is 23.9 Å². The van der Waals surface area contributed by atoms with Crippen molar-refractivity contribution in [3.05, 3.63) is 95.3 Å². The Hall–Kier alpha value is -4.46. The van der Waals surface area contributed by atoms with Crippen molar-refractivity contribution in [3.8, 4) is 23.0 Å². The lowest BCUT2D eigenvalue weighted by atomic mass is 10.1. The highest BCUT2D eigenvalue weighted by Gasteiger charge is 2.11. The molecule has 0 radical (unpaired) electrons. The van der Waals surface area contributed by atoms with Gasteiger partial charge in [-0.2, -0.15) is 5.10 Å². The largest absolute Gasteiger partial charge is 0.490 e. The molecule has 8 heteroatoms. The first-order valence-electron chi connectivity index (χ1n) is 12.6. The molecule has 1 N–H and O–H groups in total. The molecule has 1 aromatic heterocycles. The van der Waals surface area contributed by atoms with Crippen molar-refractivity contribution in [2.45, 2.75) is 41.0 Å². The number of ether oxygens (including phenoxy) is 4. The van der Waals surface area contributed by atoms with Crippen molar-refractivity contribution in [3.63, 3.8) is 0 Å². The zero-order valence-electron chi connectivity index (χ0n) is 22.2. The minimum absolute atomic E-state index is 0.211. The van der Waals surface area contributed by atoms with E-state index in [-0.39, 0.29) is 12.6 Å². The normalized spacial score (nSPS) is 10.6. The predicted molar refractivity (Wildman–Crippen MR) is 146 cm³/mol. The Balaban J connectivity index is 1.29. The summed E-state index contributed by atoms with van der Waals surface area (Å²) in [5.41, 5.74) is 4.16. The average Bonchev–Trinajstić information content (AvgIpc) is 3.38. The molecule has 0 saturated heterocycles. The van der Waals surface area contributed by atoms with E-state index in [0.717, 1.165) is 28.2 Å². The maximum absolute atomic E-state index is 12.7. The Morgan fingerprint density at radius 3 is 2.21 bits per heavy atom. The predicted octanol–water partition coefficient (Wildman–Crippen LogP) is 6.17. The number of benzene rings is 3. The summed E-state index contributed by atoms with van der Waals surface area (Å²) in [4.78, 5) is 12.7. The fourth-order valence-electron chi connectivity index (χ4n) is 3.89. The third-order valence-corrected chi connectivity index (χ3v) is 5.56. The van der Waals surface area contributed by atoms with Crippen LogP contribution in [-0.4, -0.2) is 28.9 Å². The highest BCUT2D eigenvalue weighted by molar-refractivity contribution is 6.02. The number of rotatable bonds is 12. The SMILES string of the molecule is CCOc1ccc(COc2ccc(NC(=O)c3ccn(COc4cc(C)cc(C)c4)n3)cc2)cc1OCC. The number of aromatic nitrogens is 2. The molecule has 0 saturated carbocycles. The van der Waals surface area contributed by atoms with E-state index < -0.39 is 0 Å². The molecule has 4 rings (SSSR count). The molecule has 0 aliphatic rings. The van der Waals surface area contributed by atoms with E-state index in [1.807, 2.05) is 70.2 Å². The first kappa shape index (κ1) is 26.6. The van der Waals surface area contributed by atoms with E-state index in [1.54, 1.807) is 29.1 Å². The summed E-state index contributed by atoms with van der Waals surface area (Å²) in [6.07, 6.45) is 1.71. The van der Waals surface area contributed by atoms with Crippen LogP contribution in [0, 0.1) is 13.8 Å². The molecule has 1 heterocycles. The molecule has 8 nitrogen and oxygen atoms in total. The fourth-order valence-corrected chi connectivity index (χ4v) is 3.89. The van der Waals surface area contributed by atoms with Gasteiger partial charge < -0.3 is 24.3 Å². The van der Waals surface area contributed by atoms with Crippen molar-refractivity contribution < 1.29 is 23.7 Å². The molecule has 0 bridgehead atoms. The molecular weight excluding hydrogens is 482 g/mol. The molecule has 3 aromatic carbocycles. The van der Waals surface area contributed by atoms with Gasteiger partial charge in [-0.3, -0.25) is 4.79 Å². The zero-order chi connectivity index (χ0) is 26.9. The second-order valence-electron chi connectivity index (χ2n) is 8.75. The quantitative estimate of drug-likeness (QED) is 0.243. The Bertz CT molecular complexity index is 1340. The topological polar surface area (TPSA) is 83.8 Å². The van der Waals surface area contributed by atoms with Crippen LogP contribution >= 0.6 is 0 Å². The van der Waals surface area contributed by atoms with Gasteiger partial charge >= 0.3 is 0 Å². The molecule has 0 spiro atoms. The van der Waals surface area contributed by atoms with Crippen LogP contribution in [-0.2, 0) is 13.3 Å².